The van der Waals surface area contributed by atoms with Crippen molar-refractivity contribution in [1.29, 1.82) is 0 Å². The molecule has 3 heterocycles. The van der Waals surface area contributed by atoms with Crippen LogP contribution in [-0.2, 0) is 6.54 Å². The first-order chi connectivity index (χ1) is 13.8. The molecule has 28 heavy (non-hydrogen) atoms. The van der Waals surface area contributed by atoms with Gasteiger partial charge in [-0.1, -0.05) is 12.1 Å². The summed E-state index contributed by atoms with van der Waals surface area (Å²) < 4.78 is 0. The van der Waals surface area contributed by atoms with Gasteiger partial charge in [0.05, 0.1) is 25.2 Å². The van der Waals surface area contributed by atoms with E-state index in [0.717, 1.165) is 54.2 Å². The van der Waals surface area contributed by atoms with Crippen LogP contribution in [0.15, 0.2) is 48.7 Å². The third-order valence-electron chi connectivity index (χ3n) is 5.44. The van der Waals surface area contributed by atoms with E-state index in [1.54, 1.807) is 0 Å². The summed E-state index contributed by atoms with van der Waals surface area (Å²) in [5.74, 6) is 8.03. The zero-order valence-corrected chi connectivity index (χ0v) is 15.9. The number of aromatic nitrogens is 2. The first-order valence-corrected chi connectivity index (χ1v) is 9.73. The lowest BCUT2D eigenvalue weighted by molar-refractivity contribution is -0.346. The topological polar surface area (TPSA) is 101 Å². The van der Waals surface area contributed by atoms with Crippen LogP contribution in [-0.4, -0.2) is 29.8 Å². The van der Waals surface area contributed by atoms with Gasteiger partial charge in [0.15, 0.2) is 0 Å². The van der Waals surface area contributed by atoms with Crippen molar-refractivity contribution in [3.8, 4) is 0 Å². The minimum atomic E-state index is 0.279. The van der Waals surface area contributed by atoms with E-state index in [-0.39, 0.29) is 6.61 Å². The van der Waals surface area contributed by atoms with Crippen LogP contribution in [0, 0.1) is 5.92 Å². The number of nitrogen functional groups attached to an aromatic ring is 1. The summed E-state index contributed by atoms with van der Waals surface area (Å²) in [7, 11) is 0. The number of rotatable bonds is 6. The van der Waals surface area contributed by atoms with E-state index in [9.17, 15) is 5.11 Å². The second kappa shape index (κ2) is 8.41. The number of aliphatic hydroxyl groups excluding tert-OH is 1. The Labute approximate surface area is 164 Å². The highest BCUT2D eigenvalue weighted by Crippen LogP contribution is 2.24. The molecule has 1 aliphatic rings. The standard InChI is InChI=1S/C21H26N6O/c22-26-19-5-6-20(27-10-7-15(14-28)8-11-27)25-21(19)24-13-16-3-4-18-17(12-16)2-1-9-23-18/h1-6,9,12,15,26,28H,7-8,10-11,13-14,22H2,(H,24,25)/p+1. The Bertz CT molecular complexity index is 939. The molecule has 6 N–H and O–H groups in total. The average molecular weight is 379 g/mol. The molecule has 7 heteroatoms. The van der Waals surface area contributed by atoms with Crippen LogP contribution in [0.5, 0.6) is 0 Å². The zero-order chi connectivity index (χ0) is 19.3. The predicted octanol–water partition coefficient (Wildman–Crippen LogP) is 2.16. The van der Waals surface area contributed by atoms with E-state index >= 15 is 0 Å². The third-order valence-corrected chi connectivity index (χ3v) is 5.44. The molecule has 3 aromatic rings. The van der Waals surface area contributed by atoms with Gasteiger partial charge in [-0.05, 0) is 48.6 Å². The van der Waals surface area contributed by atoms with Gasteiger partial charge in [0.2, 0.25) is 11.6 Å². The van der Waals surface area contributed by atoms with Gasteiger partial charge in [-0.2, -0.15) is 0 Å². The quantitative estimate of drug-likeness (QED) is 0.387. The van der Waals surface area contributed by atoms with Gasteiger partial charge in [-0.15, -0.1) is 0 Å². The van der Waals surface area contributed by atoms with Gasteiger partial charge in [0, 0.05) is 24.3 Å². The largest absolute Gasteiger partial charge is 0.396 e. The van der Waals surface area contributed by atoms with Crippen molar-refractivity contribution >= 4 is 28.2 Å². The summed E-state index contributed by atoms with van der Waals surface area (Å²) in [5, 5.41) is 13.9. The van der Waals surface area contributed by atoms with Crippen molar-refractivity contribution < 1.29 is 10.1 Å². The molecule has 0 amide bonds. The molecular formula is C21H27N6O+. The molecule has 7 nitrogen and oxygen atoms in total. The number of nitrogens with one attached hydrogen (secondary N) is 3. The lowest BCUT2D eigenvalue weighted by Crippen LogP contribution is -2.38. The molecule has 0 saturated carbocycles. The van der Waals surface area contributed by atoms with Crippen LogP contribution >= 0.6 is 0 Å². The number of H-pyrrole nitrogens is 1. The number of anilines is 3. The van der Waals surface area contributed by atoms with Crippen molar-refractivity contribution in [1.82, 2.24) is 4.98 Å². The highest BCUT2D eigenvalue weighted by atomic mass is 16.3. The van der Waals surface area contributed by atoms with Crippen LogP contribution in [0.25, 0.3) is 10.9 Å². The van der Waals surface area contributed by atoms with Gasteiger partial charge in [-0.3, -0.25) is 21.0 Å². The molecule has 4 rings (SSSR count). The van der Waals surface area contributed by atoms with Crippen molar-refractivity contribution in [3.63, 3.8) is 0 Å². The number of hydrazine groups is 1. The average Bonchev–Trinajstić information content (AvgIpc) is 2.77. The maximum absolute atomic E-state index is 9.34. The molecule has 0 bridgehead atoms. The molecule has 1 fully saturated rings. The minimum Gasteiger partial charge on any atom is -0.396 e. The number of pyridine rings is 2. The normalized spacial score (nSPS) is 15.0. The van der Waals surface area contributed by atoms with E-state index < -0.39 is 0 Å². The first kappa shape index (κ1) is 18.5. The van der Waals surface area contributed by atoms with Gasteiger partial charge in [0.1, 0.15) is 5.69 Å². The SMILES string of the molecule is NNc1ccc(N2CCC(CO)CC2)[nH+]c1NCc1ccc2ncccc2c1. The molecule has 0 aliphatic carbocycles. The van der Waals surface area contributed by atoms with E-state index in [1.807, 2.05) is 30.5 Å². The fourth-order valence-corrected chi connectivity index (χ4v) is 3.71. The number of aromatic amines is 1. The molecule has 0 unspecified atom stereocenters. The van der Waals surface area contributed by atoms with Crippen LogP contribution in [0.1, 0.15) is 18.4 Å². The maximum Gasteiger partial charge on any atom is 0.244 e. The summed E-state index contributed by atoms with van der Waals surface area (Å²) in [6.45, 7) is 2.83. The molecular weight excluding hydrogens is 352 g/mol. The number of nitrogens with two attached hydrogens (primary N) is 1. The number of fused-ring (bicyclic) bond motifs is 1. The number of aliphatic hydroxyl groups is 1. The highest BCUT2D eigenvalue weighted by molar-refractivity contribution is 5.79. The lowest BCUT2D eigenvalue weighted by atomic mass is 9.98. The molecule has 1 aliphatic heterocycles. The Morgan fingerprint density at radius 3 is 2.82 bits per heavy atom. The van der Waals surface area contributed by atoms with Crippen molar-refractivity contribution in [2.24, 2.45) is 11.8 Å². The van der Waals surface area contributed by atoms with Gasteiger partial charge in [-0.25, -0.2) is 4.98 Å². The van der Waals surface area contributed by atoms with Crippen molar-refractivity contribution in [2.45, 2.75) is 19.4 Å². The summed E-state index contributed by atoms with van der Waals surface area (Å²) in [6, 6.07) is 14.3. The smallest absolute Gasteiger partial charge is 0.244 e. The highest BCUT2D eigenvalue weighted by Gasteiger charge is 2.23. The van der Waals surface area contributed by atoms with E-state index in [1.165, 1.54) is 5.56 Å². The summed E-state index contributed by atoms with van der Waals surface area (Å²) in [6.07, 6.45) is 3.83. The molecule has 146 valence electrons. The Kier molecular flexibility index (Phi) is 5.55. The predicted molar refractivity (Wildman–Crippen MR) is 112 cm³/mol. The van der Waals surface area contributed by atoms with Gasteiger partial charge in [0.25, 0.3) is 0 Å². The van der Waals surface area contributed by atoms with Crippen molar-refractivity contribution in [2.75, 3.05) is 35.3 Å². The third kappa shape index (κ3) is 4.00. The Hall–Kier alpha value is -2.90. The maximum atomic E-state index is 9.34. The molecule has 1 aromatic carbocycles. The lowest BCUT2D eigenvalue weighted by Gasteiger charge is -2.28. The van der Waals surface area contributed by atoms with E-state index in [4.69, 9.17) is 5.84 Å². The summed E-state index contributed by atoms with van der Waals surface area (Å²) in [4.78, 5) is 10.2. The Morgan fingerprint density at radius 2 is 2.04 bits per heavy atom. The number of benzene rings is 1. The fraction of sp³-hybridized carbons (Fsp3) is 0.333. The molecule has 2 aromatic heterocycles. The van der Waals surface area contributed by atoms with Crippen molar-refractivity contribution in [3.05, 3.63) is 54.2 Å². The number of hydrogen-bond acceptors (Lipinski definition) is 6. The van der Waals surface area contributed by atoms with Crippen LogP contribution < -0.4 is 26.5 Å². The van der Waals surface area contributed by atoms with Crippen LogP contribution in [0.3, 0.4) is 0 Å². The van der Waals surface area contributed by atoms with Gasteiger partial charge >= 0.3 is 0 Å². The monoisotopic (exact) mass is 379 g/mol. The Balaban J connectivity index is 1.49. The number of hydrogen-bond donors (Lipinski definition) is 4. The van der Waals surface area contributed by atoms with E-state index in [0.29, 0.717) is 12.5 Å². The zero-order valence-electron chi connectivity index (χ0n) is 15.9. The van der Waals surface area contributed by atoms with Crippen LogP contribution in [0.4, 0.5) is 17.3 Å². The number of piperidine rings is 1. The minimum absolute atomic E-state index is 0.279. The molecule has 0 spiro atoms. The second-order valence-corrected chi connectivity index (χ2v) is 7.27. The Morgan fingerprint density at radius 1 is 1.18 bits per heavy atom. The first-order valence-electron chi connectivity index (χ1n) is 9.73. The van der Waals surface area contributed by atoms with Gasteiger partial charge < -0.3 is 10.5 Å². The molecule has 0 atom stereocenters. The van der Waals surface area contributed by atoms with E-state index in [2.05, 4.69) is 43.8 Å². The number of nitrogens with zero attached hydrogens (tertiary/aromatic N) is 2. The summed E-state index contributed by atoms with van der Waals surface area (Å²) >= 11 is 0. The molecule has 0 radical (unpaired) electrons. The van der Waals surface area contributed by atoms with Crippen LogP contribution in [0.2, 0.25) is 0 Å². The fourth-order valence-electron chi connectivity index (χ4n) is 3.71. The second-order valence-electron chi connectivity index (χ2n) is 7.27. The molecule has 1 saturated heterocycles. The summed E-state index contributed by atoms with van der Waals surface area (Å²) in [5.41, 5.74) is 5.74.